The number of carbonyl (C=O) groups excluding carboxylic acids is 1. The first kappa shape index (κ1) is 16.9. The Bertz CT molecular complexity index is 818. The van der Waals surface area contributed by atoms with Gasteiger partial charge in [-0.3, -0.25) is 4.79 Å². The van der Waals surface area contributed by atoms with Crippen LogP contribution in [-0.2, 0) is 4.79 Å². The maximum atomic E-state index is 12.8. The molecule has 5 nitrogen and oxygen atoms in total. The Kier molecular flexibility index (Phi) is 4.34. The van der Waals surface area contributed by atoms with Gasteiger partial charge >= 0.3 is 5.97 Å². The number of nitrogens with one attached hydrogen (secondary N) is 1. The van der Waals surface area contributed by atoms with E-state index in [-0.39, 0.29) is 5.76 Å². The van der Waals surface area contributed by atoms with Crippen LogP contribution in [0.15, 0.2) is 16.5 Å². The number of carbonyl (C=O) groups is 2. The van der Waals surface area contributed by atoms with Crippen molar-refractivity contribution in [3.63, 3.8) is 0 Å². The van der Waals surface area contributed by atoms with Gasteiger partial charge in [-0.15, -0.1) is 0 Å². The van der Waals surface area contributed by atoms with Crippen molar-refractivity contribution in [1.82, 2.24) is 5.32 Å². The van der Waals surface area contributed by atoms with Gasteiger partial charge in [0.15, 0.2) is 5.76 Å². The molecule has 0 saturated carbocycles. The summed E-state index contributed by atoms with van der Waals surface area (Å²) < 4.78 is 5.83. The Hall–Kier alpha value is -1.95. The lowest BCUT2D eigenvalue weighted by molar-refractivity contribution is -0.144. The number of aliphatic carboxylic acids is 1. The van der Waals surface area contributed by atoms with Gasteiger partial charge in [0.05, 0.1) is 0 Å². The predicted octanol–water partition coefficient (Wildman–Crippen LogP) is 3.44. The highest BCUT2D eigenvalue weighted by Crippen LogP contribution is 2.32. The molecule has 0 radical (unpaired) electrons. The molecule has 1 aliphatic rings. The molecule has 1 fully saturated rings. The van der Waals surface area contributed by atoms with Gasteiger partial charge in [0, 0.05) is 10.9 Å². The lowest BCUT2D eigenvalue weighted by Gasteiger charge is -2.33. The number of fused-ring (bicyclic) bond motifs is 1. The summed E-state index contributed by atoms with van der Waals surface area (Å²) in [5.41, 5.74) is 2.26. The van der Waals surface area contributed by atoms with Gasteiger partial charge in [0.1, 0.15) is 11.1 Å². The standard InChI is InChI=1S/C18H21NO4S/c1-10-4-5-11(2)14-13(10)12(3)15(23-14)16(20)19-18(17(21)22)6-8-24-9-7-18/h4-5H,6-9H2,1-3H3,(H,19,20)(H,21,22). The molecule has 1 aromatic carbocycles. The van der Waals surface area contributed by atoms with E-state index in [2.05, 4.69) is 5.32 Å². The molecule has 2 heterocycles. The fraction of sp³-hybridized carbons (Fsp3) is 0.444. The zero-order valence-electron chi connectivity index (χ0n) is 14.1. The second-order valence-electron chi connectivity index (χ2n) is 6.41. The predicted molar refractivity (Wildman–Crippen MR) is 94.8 cm³/mol. The van der Waals surface area contributed by atoms with E-state index in [0.29, 0.717) is 18.4 Å². The molecular weight excluding hydrogens is 326 g/mol. The molecule has 1 aromatic heterocycles. The van der Waals surface area contributed by atoms with E-state index in [9.17, 15) is 14.7 Å². The summed E-state index contributed by atoms with van der Waals surface area (Å²) in [5.74, 6) is 0.240. The molecule has 0 bridgehead atoms. The van der Waals surface area contributed by atoms with Crippen molar-refractivity contribution in [3.8, 4) is 0 Å². The largest absolute Gasteiger partial charge is 0.480 e. The molecule has 0 spiro atoms. The monoisotopic (exact) mass is 347 g/mol. The van der Waals surface area contributed by atoms with Gasteiger partial charge in [-0.25, -0.2) is 4.79 Å². The number of hydrogen-bond donors (Lipinski definition) is 2. The summed E-state index contributed by atoms with van der Waals surface area (Å²) in [6.07, 6.45) is 0.853. The minimum Gasteiger partial charge on any atom is -0.480 e. The van der Waals surface area contributed by atoms with E-state index in [1.54, 1.807) is 11.8 Å². The van der Waals surface area contributed by atoms with Crippen LogP contribution in [0.4, 0.5) is 0 Å². The SMILES string of the molecule is Cc1ccc(C)c2c(C)c(C(=O)NC3(C(=O)O)CCSCC3)oc12. The van der Waals surface area contributed by atoms with Crippen LogP contribution in [0.1, 0.15) is 40.1 Å². The molecular formula is C18H21NO4S. The molecule has 128 valence electrons. The first-order valence-electron chi connectivity index (χ1n) is 7.99. The molecule has 0 aliphatic carbocycles. The van der Waals surface area contributed by atoms with Gasteiger partial charge in [-0.2, -0.15) is 11.8 Å². The minimum atomic E-state index is -1.20. The highest BCUT2D eigenvalue weighted by atomic mass is 32.2. The van der Waals surface area contributed by atoms with E-state index in [1.807, 2.05) is 32.9 Å². The van der Waals surface area contributed by atoms with Gasteiger partial charge in [0.2, 0.25) is 0 Å². The number of thioether (sulfide) groups is 1. The van der Waals surface area contributed by atoms with E-state index >= 15 is 0 Å². The average molecular weight is 347 g/mol. The van der Waals surface area contributed by atoms with Crippen LogP contribution in [-0.4, -0.2) is 34.0 Å². The number of carboxylic acids is 1. The third kappa shape index (κ3) is 2.69. The Morgan fingerprint density at radius 3 is 2.38 bits per heavy atom. The van der Waals surface area contributed by atoms with Crippen LogP contribution in [0.25, 0.3) is 11.0 Å². The first-order valence-corrected chi connectivity index (χ1v) is 9.14. The zero-order valence-corrected chi connectivity index (χ0v) is 14.9. The maximum Gasteiger partial charge on any atom is 0.329 e. The Labute approximate surface area is 144 Å². The molecule has 1 saturated heterocycles. The van der Waals surface area contributed by atoms with Crippen molar-refractivity contribution in [1.29, 1.82) is 0 Å². The maximum absolute atomic E-state index is 12.8. The van der Waals surface area contributed by atoms with Crippen molar-refractivity contribution in [2.24, 2.45) is 0 Å². The van der Waals surface area contributed by atoms with Crippen molar-refractivity contribution < 1.29 is 19.1 Å². The van der Waals surface area contributed by atoms with Crippen LogP contribution in [0, 0.1) is 20.8 Å². The minimum absolute atomic E-state index is 0.209. The molecule has 1 amide bonds. The molecule has 0 unspecified atom stereocenters. The van der Waals surface area contributed by atoms with Gasteiger partial charge in [0.25, 0.3) is 5.91 Å². The summed E-state index contributed by atoms with van der Waals surface area (Å²) in [5, 5.41) is 13.3. The van der Waals surface area contributed by atoms with E-state index < -0.39 is 17.4 Å². The summed E-state index contributed by atoms with van der Waals surface area (Å²) in [6.45, 7) is 5.75. The van der Waals surface area contributed by atoms with E-state index in [1.165, 1.54) is 0 Å². The second kappa shape index (κ2) is 6.16. The second-order valence-corrected chi connectivity index (χ2v) is 7.64. The molecule has 6 heteroatoms. The number of hydrogen-bond acceptors (Lipinski definition) is 4. The summed E-state index contributed by atoms with van der Waals surface area (Å²) in [4.78, 5) is 24.5. The molecule has 1 aliphatic heterocycles. The van der Waals surface area contributed by atoms with E-state index in [0.717, 1.165) is 33.6 Å². The van der Waals surface area contributed by atoms with Gasteiger partial charge in [-0.05, 0) is 56.2 Å². The molecule has 3 rings (SSSR count). The van der Waals surface area contributed by atoms with Crippen LogP contribution >= 0.6 is 11.8 Å². The van der Waals surface area contributed by atoms with Gasteiger partial charge < -0.3 is 14.8 Å². The molecule has 2 N–H and O–H groups in total. The third-order valence-corrected chi connectivity index (χ3v) is 5.78. The number of carboxylic acid groups (broad SMARTS) is 1. The number of furan rings is 1. The lowest BCUT2D eigenvalue weighted by atomic mass is 9.92. The zero-order chi connectivity index (χ0) is 17.5. The normalized spacial score (nSPS) is 17.0. The summed E-state index contributed by atoms with van der Waals surface area (Å²) in [6, 6.07) is 3.96. The summed E-state index contributed by atoms with van der Waals surface area (Å²) >= 11 is 1.71. The topological polar surface area (TPSA) is 79.5 Å². The molecule has 24 heavy (non-hydrogen) atoms. The van der Waals surface area contributed by atoms with Crippen molar-refractivity contribution in [2.75, 3.05) is 11.5 Å². The Balaban J connectivity index is 2.00. The van der Waals surface area contributed by atoms with Crippen molar-refractivity contribution >= 4 is 34.6 Å². The highest BCUT2D eigenvalue weighted by molar-refractivity contribution is 7.99. The van der Waals surface area contributed by atoms with Crippen LogP contribution in [0.3, 0.4) is 0 Å². The fourth-order valence-corrected chi connectivity index (χ4v) is 4.47. The van der Waals surface area contributed by atoms with Crippen molar-refractivity contribution in [3.05, 3.63) is 34.6 Å². The van der Waals surface area contributed by atoms with Gasteiger partial charge in [-0.1, -0.05) is 12.1 Å². The van der Waals surface area contributed by atoms with Crippen LogP contribution in [0.5, 0.6) is 0 Å². The van der Waals surface area contributed by atoms with E-state index in [4.69, 9.17) is 4.42 Å². The van der Waals surface area contributed by atoms with Crippen LogP contribution in [0.2, 0.25) is 0 Å². The molecule has 2 aromatic rings. The fourth-order valence-electron chi connectivity index (χ4n) is 3.28. The first-order chi connectivity index (χ1) is 11.4. The number of benzene rings is 1. The lowest BCUT2D eigenvalue weighted by Crippen LogP contribution is -2.56. The Morgan fingerprint density at radius 2 is 1.79 bits per heavy atom. The Morgan fingerprint density at radius 1 is 1.17 bits per heavy atom. The summed E-state index contributed by atoms with van der Waals surface area (Å²) in [7, 11) is 0. The van der Waals surface area contributed by atoms with Crippen LogP contribution < -0.4 is 5.32 Å². The smallest absolute Gasteiger partial charge is 0.329 e. The third-order valence-electron chi connectivity index (χ3n) is 4.80. The quantitative estimate of drug-likeness (QED) is 0.889. The average Bonchev–Trinajstić information content (AvgIpc) is 2.91. The number of aryl methyl sites for hydroxylation is 3. The molecule has 0 atom stereocenters. The van der Waals surface area contributed by atoms with Crippen molar-refractivity contribution in [2.45, 2.75) is 39.2 Å². The highest BCUT2D eigenvalue weighted by Gasteiger charge is 2.42. The number of amides is 1. The number of rotatable bonds is 3.